The van der Waals surface area contributed by atoms with E-state index in [9.17, 15) is 4.79 Å². The van der Waals surface area contributed by atoms with Crippen molar-refractivity contribution in [3.63, 3.8) is 0 Å². The summed E-state index contributed by atoms with van der Waals surface area (Å²) in [5.74, 6) is 1.00. The molecule has 0 atom stereocenters. The van der Waals surface area contributed by atoms with Gasteiger partial charge in [0.1, 0.15) is 12.4 Å². The molecule has 1 aromatic heterocycles. The van der Waals surface area contributed by atoms with Crippen molar-refractivity contribution in [1.29, 1.82) is 0 Å². The van der Waals surface area contributed by atoms with Gasteiger partial charge in [-0.1, -0.05) is 51.1 Å². The van der Waals surface area contributed by atoms with Crippen molar-refractivity contribution in [3.8, 4) is 0 Å². The number of carbonyl (C=O) groups excluding carboxylic acids is 1. The van der Waals surface area contributed by atoms with Gasteiger partial charge in [-0.25, -0.2) is 4.98 Å². The van der Waals surface area contributed by atoms with Crippen LogP contribution < -0.4 is 4.90 Å². The molecule has 0 aliphatic carbocycles. The van der Waals surface area contributed by atoms with Crippen molar-refractivity contribution >= 4 is 22.6 Å². The second-order valence-electron chi connectivity index (χ2n) is 7.95. The van der Waals surface area contributed by atoms with Crippen molar-refractivity contribution < 1.29 is 4.79 Å². The van der Waals surface area contributed by atoms with Gasteiger partial charge >= 0.3 is 0 Å². The lowest BCUT2D eigenvalue weighted by Gasteiger charge is -2.28. The highest BCUT2D eigenvalue weighted by Gasteiger charge is 2.26. The van der Waals surface area contributed by atoms with Crippen LogP contribution in [0.4, 0.5) is 5.69 Å². The van der Waals surface area contributed by atoms with Crippen LogP contribution in [0.2, 0.25) is 0 Å². The first-order chi connectivity index (χ1) is 12.3. The molecule has 0 aliphatic heterocycles. The van der Waals surface area contributed by atoms with Gasteiger partial charge in [0.25, 0.3) is 0 Å². The van der Waals surface area contributed by atoms with Crippen LogP contribution in [0.5, 0.6) is 0 Å². The minimum atomic E-state index is -0.144. The number of benzene rings is 2. The number of hydrogen-bond acceptors (Lipinski definition) is 2. The monoisotopic (exact) mass is 349 g/mol. The van der Waals surface area contributed by atoms with E-state index in [2.05, 4.69) is 25.3 Å². The van der Waals surface area contributed by atoms with E-state index in [0.29, 0.717) is 0 Å². The van der Waals surface area contributed by atoms with Crippen LogP contribution in [0, 0.1) is 0 Å². The number of carbonyl (C=O) groups is 1. The molecule has 26 heavy (non-hydrogen) atoms. The number of fused-ring (bicyclic) bond motifs is 1. The average Bonchev–Trinajstić information content (AvgIpc) is 2.95. The third-order valence-corrected chi connectivity index (χ3v) is 4.44. The summed E-state index contributed by atoms with van der Waals surface area (Å²) >= 11 is 0. The molecule has 1 amide bonds. The van der Waals surface area contributed by atoms with Gasteiger partial charge in [0, 0.05) is 17.1 Å². The van der Waals surface area contributed by atoms with Crippen molar-refractivity contribution in [2.75, 3.05) is 4.90 Å². The summed E-state index contributed by atoms with van der Waals surface area (Å²) in [6.45, 7) is 10.8. The molecule has 136 valence electrons. The molecule has 2 aromatic carbocycles. The van der Waals surface area contributed by atoms with Crippen LogP contribution >= 0.6 is 0 Å². The van der Waals surface area contributed by atoms with E-state index in [1.807, 2.05) is 73.3 Å². The molecule has 0 fully saturated rings. The molecule has 3 rings (SSSR count). The number of aromatic nitrogens is 2. The molecule has 0 unspecified atom stereocenters. The zero-order valence-corrected chi connectivity index (χ0v) is 16.2. The van der Waals surface area contributed by atoms with E-state index in [0.717, 1.165) is 22.5 Å². The summed E-state index contributed by atoms with van der Waals surface area (Å²) < 4.78 is 2.07. The number of amides is 1. The molecule has 4 nitrogen and oxygen atoms in total. The highest BCUT2D eigenvalue weighted by Crippen LogP contribution is 2.27. The Kier molecular flexibility index (Phi) is 4.86. The maximum Gasteiger partial charge on any atom is 0.247 e. The Labute approximate surface area is 155 Å². The largest absolute Gasteiger partial charge is 0.318 e. The molecule has 0 radical (unpaired) electrons. The summed E-state index contributed by atoms with van der Waals surface area (Å²) in [6, 6.07) is 18.0. The molecule has 0 aliphatic rings. The fourth-order valence-corrected chi connectivity index (χ4v) is 3.34. The first kappa shape index (κ1) is 18.2. The third-order valence-electron chi connectivity index (χ3n) is 4.44. The van der Waals surface area contributed by atoms with Crippen molar-refractivity contribution in [2.45, 2.75) is 52.6 Å². The minimum absolute atomic E-state index is 0.0693. The Morgan fingerprint density at radius 3 is 2.27 bits per heavy atom. The van der Waals surface area contributed by atoms with Crippen molar-refractivity contribution in [3.05, 3.63) is 60.4 Å². The fraction of sp³-hybridized carbons (Fsp3) is 0.364. The number of rotatable bonds is 4. The zero-order chi connectivity index (χ0) is 18.9. The average molecular weight is 349 g/mol. The van der Waals surface area contributed by atoms with Gasteiger partial charge in [-0.15, -0.1) is 0 Å². The Hall–Kier alpha value is -2.62. The standard InChI is InChI=1S/C22H27N3O/c1-16(2)25(17-11-7-6-8-12-17)20(26)15-24-19-14-10-9-13-18(19)23-21(24)22(3,4)5/h6-14,16H,15H2,1-5H3. The highest BCUT2D eigenvalue weighted by atomic mass is 16.2. The fourth-order valence-electron chi connectivity index (χ4n) is 3.34. The molecular weight excluding hydrogens is 322 g/mol. The summed E-state index contributed by atoms with van der Waals surface area (Å²) in [5, 5.41) is 0. The number of anilines is 1. The van der Waals surface area contributed by atoms with Crippen LogP contribution in [0.3, 0.4) is 0 Å². The first-order valence-corrected chi connectivity index (χ1v) is 9.12. The van der Waals surface area contributed by atoms with E-state index >= 15 is 0 Å². The van der Waals surface area contributed by atoms with Gasteiger partial charge in [-0.3, -0.25) is 4.79 Å². The Morgan fingerprint density at radius 2 is 1.65 bits per heavy atom. The topological polar surface area (TPSA) is 38.1 Å². The lowest BCUT2D eigenvalue weighted by atomic mass is 9.95. The maximum absolute atomic E-state index is 13.3. The van der Waals surface area contributed by atoms with Gasteiger partial charge in [0.15, 0.2) is 0 Å². The van der Waals surface area contributed by atoms with Crippen molar-refractivity contribution in [1.82, 2.24) is 9.55 Å². The molecule has 3 aromatic rings. The van der Waals surface area contributed by atoms with Crippen LogP contribution in [0.15, 0.2) is 54.6 Å². The Bertz CT molecular complexity index is 904. The maximum atomic E-state index is 13.3. The van der Waals surface area contributed by atoms with Crippen LogP contribution in [0.25, 0.3) is 11.0 Å². The molecule has 0 N–H and O–H groups in total. The van der Waals surface area contributed by atoms with Crippen LogP contribution in [0.1, 0.15) is 40.4 Å². The quantitative estimate of drug-likeness (QED) is 0.680. The lowest BCUT2D eigenvalue weighted by molar-refractivity contribution is -0.119. The van der Waals surface area contributed by atoms with Crippen LogP contribution in [-0.2, 0) is 16.8 Å². The van der Waals surface area contributed by atoms with E-state index < -0.39 is 0 Å². The Morgan fingerprint density at radius 1 is 1.04 bits per heavy atom. The smallest absolute Gasteiger partial charge is 0.247 e. The van der Waals surface area contributed by atoms with E-state index in [4.69, 9.17) is 4.98 Å². The SMILES string of the molecule is CC(C)N(C(=O)Cn1c(C(C)(C)C)nc2ccccc21)c1ccccc1. The van der Waals surface area contributed by atoms with Crippen LogP contribution in [-0.4, -0.2) is 21.5 Å². The third kappa shape index (κ3) is 3.50. The van der Waals surface area contributed by atoms with E-state index in [1.165, 1.54) is 0 Å². The number of nitrogens with zero attached hydrogens (tertiary/aromatic N) is 3. The molecule has 1 heterocycles. The number of para-hydroxylation sites is 3. The first-order valence-electron chi connectivity index (χ1n) is 9.12. The second-order valence-corrected chi connectivity index (χ2v) is 7.95. The molecular formula is C22H27N3O. The van der Waals surface area contributed by atoms with Gasteiger partial charge in [0.2, 0.25) is 5.91 Å². The normalized spacial score (nSPS) is 11.9. The Balaban J connectivity index is 2.03. The molecule has 0 bridgehead atoms. The lowest BCUT2D eigenvalue weighted by Crippen LogP contribution is -2.40. The number of imidazole rings is 1. The minimum Gasteiger partial charge on any atom is -0.318 e. The summed E-state index contributed by atoms with van der Waals surface area (Å²) in [5.41, 5.74) is 2.71. The molecule has 4 heteroatoms. The van der Waals surface area contributed by atoms with Gasteiger partial charge in [-0.05, 0) is 38.1 Å². The van der Waals surface area contributed by atoms with Gasteiger partial charge in [0.05, 0.1) is 11.0 Å². The predicted molar refractivity (Wildman–Crippen MR) is 107 cm³/mol. The summed E-state index contributed by atoms with van der Waals surface area (Å²) in [6.07, 6.45) is 0. The van der Waals surface area contributed by atoms with E-state index in [-0.39, 0.29) is 23.9 Å². The number of hydrogen-bond donors (Lipinski definition) is 0. The molecule has 0 saturated heterocycles. The molecule has 0 saturated carbocycles. The molecule has 0 spiro atoms. The van der Waals surface area contributed by atoms with E-state index in [1.54, 1.807) is 0 Å². The second kappa shape index (κ2) is 6.94. The summed E-state index contributed by atoms with van der Waals surface area (Å²) in [7, 11) is 0. The van der Waals surface area contributed by atoms with Gasteiger partial charge < -0.3 is 9.47 Å². The zero-order valence-electron chi connectivity index (χ0n) is 16.2. The highest BCUT2D eigenvalue weighted by molar-refractivity contribution is 5.94. The summed E-state index contributed by atoms with van der Waals surface area (Å²) in [4.78, 5) is 19.9. The predicted octanol–water partition coefficient (Wildman–Crippen LogP) is 4.78. The van der Waals surface area contributed by atoms with Gasteiger partial charge in [-0.2, -0.15) is 0 Å². The van der Waals surface area contributed by atoms with Crippen molar-refractivity contribution in [2.24, 2.45) is 0 Å².